The number of rotatable bonds is 7. The van der Waals surface area contributed by atoms with Gasteiger partial charge in [0.2, 0.25) is 5.91 Å². The van der Waals surface area contributed by atoms with Gasteiger partial charge in [0.15, 0.2) is 11.5 Å². The van der Waals surface area contributed by atoms with Gasteiger partial charge in [-0.3, -0.25) is 9.78 Å². The van der Waals surface area contributed by atoms with Gasteiger partial charge in [0.1, 0.15) is 6.61 Å². The van der Waals surface area contributed by atoms with Crippen LogP contribution in [0.5, 0.6) is 11.5 Å². The fourth-order valence-corrected chi connectivity index (χ4v) is 3.50. The van der Waals surface area contributed by atoms with Gasteiger partial charge in [-0.1, -0.05) is 6.07 Å². The third kappa shape index (κ3) is 6.34. The van der Waals surface area contributed by atoms with Crippen LogP contribution in [0.3, 0.4) is 0 Å². The van der Waals surface area contributed by atoms with Gasteiger partial charge in [0, 0.05) is 24.4 Å². The van der Waals surface area contributed by atoms with Gasteiger partial charge >= 0.3 is 0 Å². The number of ether oxygens (including phenoxy) is 2. The van der Waals surface area contributed by atoms with E-state index in [9.17, 15) is 4.79 Å². The zero-order valence-corrected chi connectivity index (χ0v) is 18.0. The topological polar surface area (TPSA) is 72.5 Å². The third-order valence-electron chi connectivity index (χ3n) is 5.18. The summed E-state index contributed by atoms with van der Waals surface area (Å²) in [5, 5.41) is 6.53. The van der Waals surface area contributed by atoms with E-state index in [-0.39, 0.29) is 30.3 Å². The number of halogens is 1. The van der Waals surface area contributed by atoms with Gasteiger partial charge < -0.3 is 20.1 Å². The second kappa shape index (κ2) is 11.0. The van der Waals surface area contributed by atoms with E-state index >= 15 is 0 Å². The summed E-state index contributed by atoms with van der Waals surface area (Å²) in [5.41, 5.74) is 2.03. The van der Waals surface area contributed by atoms with E-state index in [1.807, 2.05) is 37.3 Å². The van der Waals surface area contributed by atoms with E-state index in [1.165, 1.54) is 0 Å². The van der Waals surface area contributed by atoms with Gasteiger partial charge in [-0.15, -0.1) is 12.4 Å². The minimum absolute atomic E-state index is 0. The lowest BCUT2D eigenvalue weighted by Gasteiger charge is -2.28. The zero-order valence-electron chi connectivity index (χ0n) is 17.2. The number of hydrogen-bond donors (Lipinski definition) is 2. The molecule has 3 atom stereocenters. The average molecular weight is 420 g/mol. The van der Waals surface area contributed by atoms with Crippen LogP contribution in [-0.4, -0.2) is 30.6 Å². The predicted molar refractivity (Wildman–Crippen MR) is 116 cm³/mol. The number of carbonyl (C=O) groups excluding carboxylic acids is 1. The van der Waals surface area contributed by atoms with Crippen molar-refractivity contribution in [3.05, 3.63) is 53.9 Å². The molecule has 29 heavy (non-hydrogen) atoms. The standard InChI is InChI=1S/C22H29N3O3.ClH/c1-15-12-19(8-11-24-15)22(26)25-16(2)18-4-5-20(21(13-18)27-3)28-14-17-6-9-23-10-7-17;/h4-7,9-10,13,15-16,19,24H,8,11-12,14H2,1-3H3,(H,25,26);1H/t15-,16?,19-;/m0./s1. The number of methoxy groups -OCH3 is 1. The van der Waals surface area contributed by atoms with E-state index in [0.29, 0.717) is 24.1 Å². The number of carbonyl (C=O) groups is 1. The fraction of sp³-hybridized carbons (Fsp3) is 0.455. The lowest BCUT2D eigenvalue weighted by molar-refractivity contribution is -0.126. The predicted octanol–water partition coefficient (Wildman–Crippen LogP) is 3.66. The number of benzene rings is 1. The van der Waals surface area contributed by atoms with Crippen LogP contribution < -0.4 is 20.1 Å². The maximum absolute atomic E-state index is 12.6. The van der Waals surface area contributed by atoms with Crippen LogP contribution in [0.1, 0.15) is 43.9 Å². The van der Waals surface area contributed by atoms with Gasteiger partial charge in [-0.2, -0.15) is 0 Å². The first-order valence-corrected chi connectivity index (χ1v) is 9.80. The van der Waals surface area contributed by atoms with E-state index in [0.717, 1.165) is 30.5 Å². The molecule has 6 nitrogen and oxygen atoms in total. The van der Waals surface area contributed by atoms with Gasteiger partial charge in [0.25, 0.3) is 0 Å². The van der Waals surface area contributed by atoms with E-state index in [4.69, 9.17) is 9.47 Å². The first kappa shape index (κ1) is 23.0. The Bertz CT molecular complexity index is 788. The number of nitrogens with zero attached hydrogens (tertiary/aromatic N) is 1. The Hall–Kier alpha value is -2.31. The van der Waals surface area contributed by atoms with E-state index in [2.05, 4.69) is 22.5 Å². The fourth-order valence-electron chi connectivity index (χ4n) is 3.50. The van der Waals surface area contributed by atoms with Crippen molar-refractivity contribution in [1.29, 1.82) is 0 Å². The molecular weight excluding hydrogens is 390 g/mol. The Kier molecular flexibility index (Phi) is 8.73. The minimum atomic E-state index is -0.0964. The molecule has 2 aromatic rings. The number of piperidine rings is 1. The maximum atomic E-state index is 12.6. The molecule has 0 saturated carbocycles. The van der Waals surface area contributed by atoms with Crippen LogP contribution in [0.2, 0.25) is 0 Å². The molecule has 2 heterocycles. The highest BCUT2D eigenvalue weighted by molar-refractivity contribution is 5.85. The highest BCUT2D eigenvalue weighted by Crippen LogP contribution is 2.31. The molecule has 7 heteroatoms. The van der Waals surface area contributed by atoms with Crippen molar-refractivity contribution in [2.45, 2.75) is 45.4 Å². The summed E-state index contributed by atoms with van der Waals surface area (Å²) in [4.78, 5) is 16.6. The monoisotopic (exact) mass is 419 g/mol. The van der Waals surface area contributed by atoms with E-state index < -0.39 is 0 Å². The lowest BCUT2D eigenvalue weighted by Crippen LogP contribution is -2.42. The zero-order chi connectivity index (χ0) is 19.9. The largest absolute Gasteiger partial charge is 0.493 e. The molecule has 1 unspecified atom stereocenters. The van der Waals surface area contributed by atoms with Gasteiger partial charge in [-0.05, 0) is 68.6 Å². The Morgan fingerprint density at radius 2 is 2.03 bits per heavy atom. The smallest absolute Gasteiger partial charge is 0.223 e. The summed E-state index contributed by atoms with van der Waals surface area (Å²) in [5.74, 6) is 1.53. The molecule has 2 N–H and O–H groups in total. The summed E-state index contributed by atoms with van der Waals surface area (Å²) >= 11 is 0. The van der Waals surface area contributed by atoms with Crippen LogP contribution in [0.4, 0.5) is 0 Å². The summed E-state index contributed by atoms with van der Waals surface area (Å²) < 4.78 is 11.4. The highest BCUT2D eigenvalue weighted by Gasteiger charge is 2.26. The number of pyridine rings is 1. The molecule has 1 fully saturated rings. The molecule has 1 aliphatic heterocycles. The molecule has 0 radical (unpaired) electrons. The molecular formula is C22H30ClN3O3. The summed E-state index contributed by atoms with van der Waals surface area (Å²) in [6, 6.07) is 9.92. The van der Waals surface area contributed by atoms with Crippen molar-refractivity contribution >= 4 is 18.3 Å². The van der Waals surface area contributed by atoms with Gasteiger partial charge in [-0.25, -0.2) is 0 Å². The van der Waals surface area contributed by atoms with E-state index in [1.54, 1.807) is 19.5 Å². The minimum Gasteiger partial charge on any atom is -0.493 e. The van der Waals surface area contributed by atoms with Crippen LogP contribution in [0, 0.1) is 5.92 Å². The molecule has 1 amide bonds. The second-order valence-electron chi connectivity index (χ2n) is 7.36. The van der Waals surface area contributed by atoms with Crippen molar-refractivity contribution in [1.82, 2.24) is 15.6 Å². The Labute approximate surface area is 178 Å². The Morgan fingerprint density at radius 3 is 2.72 bits per heavy atom. The Morgan fingerprint density at radius 1 is 1.28 bits per heavy atom. The van der Waals surface area contributed by atoms with Crippen LogP contribution >= 0.6 is 12.4 Å². The van der Waals surface area contributed by atoms with Crippen molar-refractivity contribution in [3.63, 3.8) is 0 Å². The molecule has 3 rings (SSSR count). The molecule has 158 valence electrons. The van der Waals surface area contributed by atoms with Crippen molar-refractivity contribution in [3.8, 4) is 11.5 Å². The number of aromatic nitrogens is 1. The van der Waals surface area contributed by atoms with Crippen molar-refractivity contribution < 1.29 is 14.3 Å². The molecule has 1 aromatic carbocycles. The summed E-state index contributed by atoms with van der Waals surface area (Å²) in [6.45, 7) is 5.45. The third-order valence-corrected chi connectivity index (χ3v) is 5.18. The second-order valence-corrected chi connectivity index (χ2v) is 7.36. The molecule has 0 spiro atoms. The normalized spacial score (nSPS) is 19.6. The first-order chi connectivity index (χ1) is 13.6. The van der Waals surface area contributed by atoms with Gasteiger partial charge in [0.05, 0.1) is 13.2 Å². The molecule has 1 saturated heterocycles. The average Bonchev–Trinajstić information content (AvgIpc) is 2.72. The molecule has 0 aliphatic carbocycles. The SMILES string of the molecule is COc1cc(C(C)NC(=O)[C@H]2CCN[C@@H](C)C2)ccc1OCc1ccncc1.Cl. The van der Waals surface area contributed by atoms with Crippen LogP contribution in [0.15, 0.2) is 42.7 Å². The molecule has 0 bridgehead atoms. The highest BCUT2D eigenvalue weighted by atomic mass is 35.5. The number of nitrogens with one attached hydrogen (secondary N) is 2. The first-order valence-electron chi connectivity index (χ1n) is 9.80. The number of amides is 1. The maximum Gasteiger partial charge on any atom is 0.223 e. The summed E-state index contributed by atoms with van der Waals surface area (Å²) in [7, 11) is 1.62. The van der Waals surface area contributed by atoms with Crippen LogP contribution in [-0.2, 0) is 11.4 Å². The quantitative estimate of drug-likeness (QED) is 0.716. The van der Waals surface area contributed by atoms with Crippen molar-refractivity contribution in [2.75, 3.05) is 13.7 Å². The Balaban J connectivity index is 0.00000300. The van der Waals surface area contributed by atoms with Crippen molar-refractivity contribution in [2.24, 2.45) is 5.92 Å². The lowest BCUT2D eigenvalue weighted by atomic mass is 9.92. The van der Waals surface area contributed by atoms with Crippen LogP contribution in [0.25, 0.3) is 0 Å². The molecule has 1 aliphatic rings. The summed E-state index contributed by atoms with van der Waals surface area (Å²) in [6.07, 6.45) is 5.25. The number of hydrogen-bond acceptors (Lipinski definition) is 5. The molecule has 1 aromatic heterocycles.